The molecule has 32 heavy (non-hydrogen) atoms. The van der Waals surface area contributed by atoms with Crippen LogP contribution in [0.4, 0.5) is 4.79 Å². The van der Waals surface area contributed by atoms with E-state index < -0.39 is 17.5 Å². The molecule has 1 saturated carbocycles. The summed E-state index contributed by atoms with van der Waals surface area (Å²) in [6, 6.07) is 3.99. The van der Waals surface area contributed by atoms with Gasteiger partial charge >= 0.3 is 12.1 Å². The number of aromatic nitrogens is 1. The predicted octanol–water partition coefficient (Wildman–Crippen LogP) is 3.66. The molecule has 0 saturated heterocycles. The number of thiophene rings is 1. The quantitative estimate of drug-likeness (QED) is 0.542. The Morgan fingerprint density at radius 1 is 1.22 bits per heavy atom. The number of carbonyl (C=O) groups is 2. The lowest BCUT2D eigenvalue weighted by atomic mass is 9.96. The van der Waals surface area contributed by atoms with Gasteiger partial charge in [-0.15, -0.1) is 11.3 Å². The van der Waals surface area contributed by atoms with Gasteiger partial charge in [0.1, 0.15) is 5.56 Å². The van der Waals surface area contributed by atoms with E-state index in [1.54, 1.807) is 18.4 Å². The standard InChI is InChI=1S/C23H22N2O6S/c1-30-21-18(17-6-11-5-12(7-16(11)32-17)25-23(29)31-2)13(10-3-4-10)8-14-19(21)24-9-15(20(14)26)22(27)28/h6,8-10,12H,3-5,7H2,1-2H3,(H,24,26)(H,25,29)(H,27,28). The molecule has 0 radical (unpaired) electrons. The Bertz CT molecular complexity index is 1300. The third-order valence-electron chi connectivity index (χ3n) is 6.16. The van der Waals surface area contributed by atoms with Crippen LogP contribution in [-0.4, -0.2) is 42.4 Å². The lowest BCUT2D eigenvalue weighted by Crippen LogP contribution is -2.35. The van der Waals surface area contributed by atoms with E-state index in [2.05, 4.69) is 16.4 Å². The Kier molecular flexibility index (Phi) is 4.93. The number of carboxylic acids is 1. The highest BCUT2D eigenvalue weighted by molar-refractivity contribution is 7.15. The molecular formula is C23H22N2O6S. The molecule has 5 rings (SSSR count). The van der Waals surface area contributed by atoms with Crippen molar-refractivity contribution in [2.75, 3.05) is 14.2 Å². The van der Waals surface area contributed by atoms with Gasteiger partial charge in [0.05, 0.1) is 25.1 Å². The lowest BCUT2D eigenvalue weighted by molar-refractivity contribution is 0.0695. The molecule has 0 spiro atoms. The lowest BCUT2D eigenvalue weighted by Gasteiger charge is -2.16. The molecule has 0 bridgehead atoms. The minimum Gasteiger partial charge on any atom is -0.494 e. The van der Waals surface area contributed by atoms with Crippen molar-refractivity contribution in [3.05, 3.63) is 50.1 Å². The van der Waals surface area contributed by atoms with Gasteiger partial charge in [-0.25, -0.2) is 9.59 Å². The topological polar surface area (TPSA) is 118 Å². The Hall–Kier alpha value is -3.33. The van der Waals surface area contributed by atoms with Crippen LogP contribution in [0.2, 0.25) is 0 Å². The molecule has 1 fully saturated rings. The molecule has 3 aromatic rings. The second-order valence-electron chi connectivity index (χ2n) is 8.21. The normalized spacial score (nSPS) is 17.2. The van der Waals surface area contributed by atoms with Crippen LogP contribution in [0.15, 0.2) is 23.1 Å². The van der Waals surface area contributed by atoms with Crippen LogP contribution in [0, 0.1) is 0 Å². The Balaban J connectivity index is 1.63. The van der Waals surface area contributed by atoms with Crippen LogP contribution in [0.3, 0.4) is 0 Å². The minimum absolute atomic E-state index is 0.0185. The molecule has 1 atom stereocenters. The van der Waals surface area contributed by atoms with E-state index in [9.17, 15) is 19.5 Å². The summed E-state index contributed by atoms with van der Waals surface area (Å²) in [7, 11) is 2.92. The van der Waals surface area contributed by atoms with E-state index in [0.717, 1.165) is 41.7 Å². The van der Waals surface area contributed by atoms with Crippen molar-refractivity contribution in [2.24, 2.45) is 0 Å². The Morgan fingerprint density at radius 3 is 2.62 bits per heavy atom. The Labute approximate surface area is 187 Å². The third kappa shape index (κ3) is 3.33. The number of carboxylic acid groups (broad SMARTS) is 1. The molecule has 3 N–H and O–H groups in total. The SMILES string of the molecule is COC(=O)NC1Cc2cc(-c3c(C4CC4)cc4c(=O)c(C(=O)O)c[nH]c4c3OC)sc2C1. The van der Waals surface area contributed by atoms with Crippen molar-refractivity contribution >= 4 is 34.3 Å². The number of alkyl carbamates (subject to hydrolysis) is 1. The highest BCUT2D eigenvalue weighted by Crippen LogP contribution is 2.51. The number of nitrogens with one attached hydrogen (secondary N) is 2. The summed E-state index contributed by atoms with van der Waals surface area (Å²) < 4.78 is 10.5. The number of hydrogen-bond acceptors (Lipinski definition) is 6. The number of aromatic amines is 1. The van der Waals surface area contributed by atoms with E-state index in [-0.39, 0.29) is 11.6 Å². The van der Waals surface area contributed by atoms with E-state index in [0.29, 0.717) is 22.6 Å². The highest BCUT2D eigenvalue weighted by Gasteiger charge is 2.33. The van der Waals surface area contributed by atoms with Gasteiger partial charge < -0.3 is 24.9 Å². The molecular weight excluding hydrogens is 432 g/mol. The summed E-state index contributed by atoms with van der Waals surface area (Å²) in [5.74, 6) is -0.376. The molecule has 2 aromatic heterocycles. The average Bonchev–Trinajstić information content (AvgIpc) is 3.44. The zero-order chi connectivity index (χ0) is 22.6. The molecule has 2 aliphatic rings. The Morgan fingerprint density at radius 2 is 2.00 bits per heavy atom. The smallest absolute Gasteiger partial charge is 0.407 e. The average molecular weight is 455 g/mol. The number of hydrogen-bond donors (Lipinski definition) is 3. The van der Waals surface area contributed by atoms with Gasteiger partial charge in [-0.3, -0.25) is 4.79 Å². The molecule has 166 valence electrons. The van der Waals surface area contributed by atoms with Crippen molar-refractivity contribution in [1.82, 2.24) is 10.3 Å². The molecule has 1 unspecified atom stereocenters. The number of methoxy groups -OCH3 is 2. The fourth-order valence-electron chi connectivity index (χ4n) is 4.51. The van der Waals surface area contributed by atoms with E-state index in [1.165, 1.54) is 23.7 Å². The van der Waals surface area contributed by atoms with E-state index >= 15 is 0 Å². The van der Waals surface area contributed by atoms with E-state index in [4.69, 9.17) is 9.47 Å². The van der Waals surface area contributed by atoms with Crippen molar-refractivity contribution in [1.29, 1.82) is 0 Å². The van der Waals surface area contributed by atoms with Gasteiger partial charge in [0.2, 0.25) is 5.43 Å². The first-order valence-electron chi connectivity index (χ1n) is 10.4. The maximum atomic E-state index is 12.8. The maximum absolute atomic E-state index is 12.8. The summed E-state index contributed by atoms with van der Waals surface area (Å²) >= 11 is 1.66. The van der Waals surface area contributed by atoms with Gasteiger partial charge in [-0.2, -0.15) is 0 Å². The molecule has 2 aliphatic carbocycles. The number of pyridine rings is 1. The summed E-state index contributed by atoms with van der Waals surface area (Å²) in [5.41, 5.74) is 2.87. The molecule has 1 amide bonds. The van der Waals surface area contributed by atoms with Crippen LogP contribution < -0.4 is 15.5 Å². The van der Waals surface area contributed by atoms with Gasteiger partial charge in [0, 0.05) is 34.0 Å². The molecule has 8 nitrogen and oxygen atoms in total. The fourth-order valence-corrected chi connectivity index (χ4v) is 5.85. The van der Waals surface area contributed by atoms with Gasteiger partial charge in [-0.05, 0) is 48.4 Å². The second-order valence-corrected chi connectivity index (χ2v) is 9.34. The number of aromatic carboxylic acids is 1. The number of fused-ring (bicyclic) bond motifs is 2. The zero-order valence-corrected chi connectivity index (χ0v) is 18.4. The van der Waals surface area contributed by atoms with Gasteiger partial charge in [0.15, 0.2) is 5.75 Å². The third-order valence-corrected chi connectivity index (χ3v) is 7.38. The highest BCUT2D eigenvalue weighted by atomic mass is 32.1. The van der Waals surface area contributed by atoms with Gasteiger partial charge in [0.25, 0.3) is 0 Å². The first kappa shape index (κ1) is 20.6. The van der Waals surface area contributed by atoms with E-state index in [1.807, 2.05) is 6.07 Å². The van der Waals surface area contributed by atoms with Crippen LogP contribution in [-0.2, 0) is 17.6 Å². The largest absolute Gasteiger partial charge is 0.494 e. The number of carbonyl (C=O) groups excluding carboxylic acids is 1. The number of benzene rings is 1. The first-order chi connectivity index (χ1) is 15.4. The zero-order valence-electron chi connectivity index (χ0n) is 17.6. The van der Waals surface area contributed by atoms with Crippen LogP contribution in [0.25, 0.3) is 21.3 Å². The van der Waals surface area contributed by atoms with Crippen LogP contribution in [0.1, 0.15) is 45.1 Å². The fraction of sp³-hybridized carbons (Fsp3) is 0.348. The molecule has 0 aliphatic heterocycles. The summed E-state index contributed by atoms with van der Waals surface area (Å²) in [6.45, 7) is 0. The second kappa shape index (κ2) is 7.67. The number of rotatable bonds is 5. The summed E-state index contributed by atoms with van der Waals surface area (Å²) in [4.78, 5) is 41.1. The number of ether oxygens (including phenoxy) is 2. The van der Waals surface area contributed by atoms with Crippen molar-refractivity contribution in [3.63, 3.8) is 0 Å². The van der Waals surface area contributed by atoms with Crippen molar-refractivity contribution < 1.29 is 24.2 Å². The van der Waals surface area contributed by atoms with Crippen molar-refractivity contribution in [3.8, 4) is 16.2 Å². The summed E-state index contributed by atoms with van der Waals surface area (Å²) in [6.07, 6.45) is 4.31. The molecule has 2 heterocycles. The van der Waals surface area contributed by atoms with Crippen LogP contribution >= 0.6 is 11.3 Å². The number of H-pyrrole nitrogens is 1. The van der Waals surface area contributed by atoms with Crippen molar-refractivity contribution in [2.45, 2.75) is 37.6 Å². The summed E-state index contributed by atoms with van der Waals surface area (Å²) in [5, 5.41) is 12.5. The molecule has 9 heteroatoms. The maximum Gasteiger partial charge on any atom is 0.407 e. The van der Waals surface area contributed by atoms with Gasteiger partial charge in [-0.1, -0.05) is 0 Å². The predicted molar refractivity (Wildman–Crippen MR) is 120 cm³/mol. The molecule has 1 aromatic carbocycles. The first-order valence-corrected chi connectivity index (χ1v) is 11.2. The van der Waals surface area contributed by atoms with Crippen LogP contribution in [0.5, 0.6) is 5.75 Å². The number of amides is 1. The monoisotopic (exact) mass is 454 g/mol. The minimum atomic E-state index is -1.26.